The number of nitro benzene ring substituents is 1. The first-order valence-electron chi connectivity index (χ1n) is 6.02. The summed E-state index contributed by atoms with van der Waals surface area (Å²) in [5.74, 6) is 0.406. The minimum atomic E-state index is -0.516. The summed E-state index contributed by atoms with van der Waals surface area (Å²) in [4.78, 5) is 25.8. The van der Waals surface area contributed by atoms with Crippen molar-refractivity contribution in [2.75, 3.05) is 0 Å². The lowest BCUT2D eigenvalue weighted by Crippen LogP contribution is -2.00. The lowest BCUT2D eigenvalue weighted by molar-refractivity contribution is -0.385. The van der Waals surface area contributed by atoms with Crippen LogP contribution >= 0.6 is 0 Å². The third-order valence-corrected chi connectivity index (χ3v) is 2.63. The number of rotatable bonds is 5. The van der Waals surface area contributed by atoms with E-state index in [0.717, 1.165) is 0 Å². The van der Waals surface area contributed by atoms with Crippen LogP contribution in [-0.2, 0) is 0 Å². The summed E-state index contributed by atoms with van der Waals surface area (Å²) < 4.78 is 5.42. The van der Waals surface area contributed by atoms with Gasteiger partial charge < -0.3 is 4.74 Å². The monoisotopic (exact) mass is 272 g/mol. The number of hydrogen-bond donors (Lipinski definition) is 0. The highest BCUT2D eigenvalue weighted by Crippen LogP contribution is 2.30. The fourth-order valence-corrected chi connectivity index (χ4v) is 1.61. The highest BCUT2D eigenvalue weighted by atomic mass is 16.6. The summed E-state index contributed by atoms with van der Waals surface area (Å²) in [5.41, 5.74) is 0.226. The zero-order chi connectivity index (χ0) is 14.5. The van der Waals surface area contributed by atoms with Gasteiger partial charge in [-0.2, -0.15) is 0 Å². The van der Waals surface area contributed by atoms with Crippen molar-refractivity contribution >= 4 is 11.5 Å². The summed E-state index contributed by atoms with van der Waals surface area (Å²) in [6.07, 6.45) is 1.75. The molecule has 2 rings (SSSR count). The van der Waals surface area contributed by atoms with E-state index in [-0.39, 0.29) is 17.2 Å². The molecule has 1 aromatic carbocycles. The summed E-state index contributed by atoms with van der Waals surface area (Å²) in [5, 5.41) is 10.9. The minimum absolute atomic E-state index is 0.0674. The van der Waals surface area contributed by atoms with Crippen molar-refractivity contribution in [2.45, 2.75) is 13.3 Å². The van der Waals surface area contributed by atoms with E-state index in [4.69, 9.17) is 4.74 Å². The van der Waals surface area contributed by atoms with Gasteiger partial charge in [-0.1, -0.05) is 19.1 Å². The van der Waals surface area contributed by atoms with Crippen molar-refractivity contribution in [2.24, 2.45) is 0 Å². The van der Waals surface area contributed by atoms with Crippen molar-refractivity contribution in [3.05, 3.63) is 58.4 Å². The predicted molar refractivity (Wildman–Crippen MR) is 72.0 cm³/mol. The molecule has 0 aliphatic rings. The lowest BCUT2D eigenvalue weighted by atomic mass is 10.2. The molecular weight excluding hydrogens is 260 g/mol. The van der Waals surface area contributed by atoms with Crippen LogP contribution in [0.15, 0.2) is 42.6 Å². The number of ketones is 1. The normalized spacial score (nSPS) is 10.1. The van der Waals surface area contributed by atoms with Crippen molar-refractivity contribution in [3.63, 3.8) is 0 Å². The number of Topliss-reactive ketones (excluding diaryl/α,β-unsaturated/α-hetero) is 1. The van der Waals surface area contributed by atoms with Crippen molar-refractivity contribution in [1.29, 1.82) is 0 Å². The highest BCUT2D eigenvalue weighted by molar-refractivity contribution is 5.93. The van der Waals surface area contributed by atoms with Crippen LogP contribution in [0.3, 0.4) is 0 Å². The van der Waals surface area contributed by atoms with Crippen LogP contribution in [0.2, 0.25) is 0 Å². The molecule has 0 aliphatic carbocycles. The number of ether oxygens (including phenoxy) is 1. The Hall–Kier alpha value is -2.76. The van der Waals surface area contributed by atoms with Crippen LogP contribution in [0.5, 0.6) is 11.5 Å². The number of aromatic nitrogens is 1. The number of benzene rings is 1. The van der Waals surface area contributed by atoms with E-state index in [1.165, 1.54) is 24.4 Å². The van der Waals surface area contributed by atoms with Crippen LogP contribution in [0.4, 0.5) is 5.69 Å². The van der Waals surface area contributed by atoms with Gasteiger partial charge in [0.05, 0.1) is 11.1 Å². The Labute approximate surface area is 115 Å². The van der Waals surface area contributed by atoms with Crippen LogP contribution in [0, 0.1) is 10.1 Å². The molecule has 1 aromatic heterocycles. The second-order valence-electron chi connectivity index (χ2n) is 3.98. The van der Waals surface area contributed by atoms with Crippen LogP contribution in [0.25, 0.3) is 0 Å². The predicted octanol–water partition coefficient (Wildman–Crippen LogP) is 3.37. The number of carbonyl (C=O) groups excluding carboxylic acids is 1. The number of para-hydroxylation sites is 2. The molecule has 2 aromatic rings. The van der Waals surface area contributed by atoms with E-state index in [1.54, 1.807) is 25.1 Å². The highest BCUT2D eigenvalue weighted by Gasteiger charge is 2.14. The first-order valence-corrected chi connectivity index (χ1v) is 6.02. The molecule has 0 spiro atoms. The van der Waals surface area contributed by atoms with E-state index in [0.29, 0.717) is 17.9 Å². The molecule has 0 aliphatic heterocycles. The molecule has 0 radical (unpaired) electrons. The maximum atomic E-state index is 11.4. The molecule has 1 heterocycles. The summed E-state index contributed by atoms with van der Waals surface area (Å²) in [7, 11) is 0. The largest absolute Gasteiger partial charge is 0.449 e. The van der Waals surface area contributed by atoms with Gasteiger partial charge in [-0.3, -0.25) is 14.9 Å². The van der Waals surface area contributed by atoms with E-state index in [1.807, 2.05) is 0 Å². The molecule has 0 amide bonds. The Bertz CT molecular complexity index is 638. The number of pyridine rings is 1. The standard InChI is InChI=1S/C14H12N2O4/c1-2-13(17)11-8-7-10(9-15-11)20-14-6-4-3-5-12(14)16(18)19/h3-9H,2H2,1H3. The second-order valence-corrected chi connectivity index (χ2v) is 3.98. The van der Waals surface area contributed by atoms with Gasteiger partial charge in [0, 0.05) is 12.5 Å². The fraction of sp³-hybridized carbons (Fsp3) is 0.143. The summed E-state index contributed by atoms with van der Waals surface area (Å²) in [6.45, 7) is 1.75. The van der Waals surface area contributed by atoms with Crippen LogP contribution < -0.4 is 4.74 Å². The van der Waals surface area contributed by atoms with Crippen LogP contribution in [-0.4, -0.2) is 15.7 Å². The second kappa shape index (κ2) is 5.92. The quantitative estimate of drug-likeness (QED) is 0.473. The molecule has 0 saturated heterocycles. The first-order chi connectivity index (χ1) is 9.61. The number of nitrogens with zero attached hydrogens (tertiary/aromatic N) is 2. The Morgan fingerprint density at radius 2 is 2.05 bits per heavy atom. The van der Waals surface area contributed by atoms with Gasteiger partial charge in [-0.05, 0) is 18.2 Å². The number of carbonyl (C=O) groups is 1. The maximum absolute atomic E-state index is 11.4. The molecule has 102 valence electrons. The zero-order valence-corrected chi connectivity index (χ0v) is 10.8. The molecule has 0 saturated carbocycles. The van der Waals surface area contributed by atoms with E-state index >= 15 is 0 Å². The number of hydrogen-bond acceptors (Lipinski definition) is 5. The Balaban J connectivity index is 2.23. The van der Waals surface area contributed by atoms with Gasteiger partial charge in [0.2, 0.25) is 5.75 Å². The average Bonchev–Trinajstić information content (AvgIpc) is 2.47. The molecular formula is C14H12N2O4. The van der Waals surface area contributed by atoms with Gasteiger partial charge >= 0.3 is 5.69 Å². The third kappa shape index (κ3) is 2.97. The molecule has 0 unspecified atom stereocenters. The maximum Gasteiger partial charge on any atom is 0.311 e. The first kappa shape index (κ1) is 13.7. The lowest BCUT2D eigenvalue weighted by Gasteiger charge is -2.06. The molecule has 6 nitrogen and oxygen atoms in total. The van der Waals surface area contributed by atoms with E-state index in [2.05, 4.69) is 4.98 Å². The Morgan fingerprint density at radius 3 is 2.65 bits per heavy atom. The van der Waals surface area contributed by atoms with Gasteiger partial charge in [0.25, 0.3) is 0 Å². The summed E-state index contributed by atoms with van der Waals surface area (Å²) in [6, 6.07) is 9.17. The van der Waals surface area contributed by atoms with Gasteiger partial charge in [-0.25, -0.2) is 4.98 Å². The van der Waals surface area contributed by atoms with Crippen LogP contribution in [0.1, 0.15) is 23.8 Å². The van der Waals surface area contributed by atoms with E-state index in [9.17, 15) is 14.9 Å². The fourth-order valence-electron chi connectivity index (χ4n) is 1.61. The Morgan fingerprint density at radius 1 is 1.30 bits per heavy atom. The zero-order valence-electron chi connectivity index (χ0n) is 10.8. The summed E-state index contributed by atoms with van der Waals surface area (Å²) >= 11 is 0. The molecule has 0 N–H and O–H groups in total. The third-order valence-electron chi connectivity index (χ3n) is 2.63. The van der Waals surface area contributed by atoms with Gasteiger partial charge in [-0.15, -0.1) is 0 Å². The Kier molecular flexibility index (Phi) is 4.05. The number of nitro groups is 1. The molecule has 0 bridgehead atoms. The molecule has 0 fully saturated rings. The van der Waals surface area contributed by atoms with Gasteiger partial charge in [0.15, 0.2) is 5.78 Å². The van der Waals surface area contributed by atoms with Crippen molar-refractivity contribution in [3.8, 4) is 11.5 Å². The smallest absolute Gasteiger partial charge is 0.311 e. The minimum Gasteiger partial charge on any atom is -0.449 e. The van der Waals surface area contributed by atoms with Crippen molar-refractivity contribution in [1.82, 2.24) is 4.98 Å². The average molecular weight is 272 g/mol. The molecule has 6 heteroatoms. The SMILES string of the molecule is CCC(=O)c1ccc(Oc2ccccc2[N+](=O)[O-])cn1. The topological polar surface area (TPSA) is 82.3 Å². The van der Waals surface area contributed by atoms with Gasteiger partial charge in [0.1, 0.15) is 11.4 Å². The van der Waals surface area contributed by atoms with Crippen molar-refractivity contribution < 1.29 is 14.5 Å². The van der Waals surface area contributed by atoms with E-state index < -0.39 is 4.92 Å². The molecule has 0 atom stereocenters. The molecule has 20 heavy (non-hydrogen) atoms.